The molecule has 102 valence electrons. The minimum Gasteiger partial charge on any atom is -0.480 e. The summed E-state index contributed by atoms with van der Waals surface area (Å²) in [5.74, 6) is -3.14. The monoisotopic (exact) mass is 270 g/mol. The van der Waals surface area contributed by atoms with Crippen LogP contribution in [-0.2, 0) is 4.79 Å². The van der Waals surface area contributed by atoms with Crippen molar-refractivity contribution < 1.29 is 24.0 Å². The molecule has 1 aromatic carbocycles. The number of hydrogen-bond donors (Lipinski definition) is 2. The molecule has 0 aliphatic heterocycles. The zero-order valence-corrected chi connectivity index (χ0v) is 10.1. The number of halogens is 1. The smallest absolute Gasteiger partial charge is 0.328 e. The van der Waals surface area contributed by atoms with Crippen molar-refractivity contribution in [2.45, 2.75) is 19.4 Å². The van der Waals surface area contributed by atoms with Crippen molar-refractivity contribution >= 4 is 17.6 Å². The zero-order chi connectivity index (χ0) is 14.8. The summed E-state index contributed by atoms with van der Waals surface area (Å²) in [6.45, 7) is 2.47. The topological polar surface area (TPSA) is 110 Å². The summed E-state index contributed by atoms with van der Waals surface area (Å²) >= 11 is 0. The summed E-state index contributed by atoms with van der Waals surface area (Å²) in [6.07, 6.45) is 0. The largest absolute Gasteiger partial charge is 0.480 e. The quantitative estimate of drug-likeness (QED) is 0.633. The summed E-state index contributed by atoms with van der Waals surface area (Å²) in [4.78, 5) is 32.3. The van der Waals surface area contributed by atoms with Gasteiger partial charge in [-0.2, -0.15) is 0 Å². The van der Waals surface area contributed by atoms with E-state index in [2.05, 4.69) is 5.32 Å². The van der Waals surface area contributed by atoms with E-state index in [1.165, 1.54) is 13.8 Å². The van der Waals surface area contributed by atoms with Crippen LogP contribution in [0.1, 0.15) is 24.2 Å². The summed E-state index contributed by atoms with van der Waals surface area (Å²) in [5.41, 5.74) is -2.47. The number of aliphatic carboxylic acids is 1. The van der Waals surface area contributed by atoms with Gasteiger partial charge in [0.15, 0.2) is 0 Å². The normalized spacial score (nSPS) is 10.9. The molecule has 0 aliphatic rings. The highest BCUT2D eigenvalue weighted by atomic mass is 19.1. The van der Waals surface area contributed by atoms with Crippen LogP contribution < -0.4 is 5.32 Å². The van der Waals surface area contributed by atoms with Gasteiger partial charge in [0.05, 0.1) is 11.0 Å². The molecule has 0 heterocycles. The van der Waals surface area contributed by atoms with E-state index in [4.69, 9.17) is 5.11 Å². The standard InChI is InChI=1S/C11H11FN2O5/c1-11(2,10(16)17)13-9(15)6-3-7(12)5-8(4-6)14(18)19/h3-5H,1-2H3,(H,13,15)(H,16,17). The number of nitrogens with zero attached hydrogens (tertiary/aromatic N) is 1. The van der Waals surface area contributed by atoms with Crippen molar-refractivity contribution in [1.29, 1.82) is 0 Å². The predicted octanol–water partition coefficient (Wildman–Crippen LogP) is 1.33. The van der Waals surface area contributed by atoms with Gasteiger partial charge in [-0.25, -0.2) is 9.18 Å². The van der Waals surface area contributed by atoms with E-state index in [-0.39, 0.29) is 5.56 Å². The molecule has 0 saturated carbocycles. The second-order valence-electron chi connectivity index (χ2n) is 4.34. The number of carbonyl (C=O) groups is 2. The average molecular weight is 270 g/mol. The van der Waals surface area contributed by atoms with E-state index < -0.39 is 33.8 Å². The highest BCUT2D eigenvalue weighted by molar-refractivity contribution is 5.98. The van der Waals surface area contributed by atoms with Gasteiger partial charge < -0.3 is 10.4 Å². The first-order valence-electron chi connectivity index (χ1n) is 5.14. The molecule has 0 aliphatic carbocycles. The van der Waals surface area contributed by atoms with Crippen LogP contribution in [0.15, 0.2) is 18.2 Å². The lowest BCUT2D eigenvalue weighted by Crippen LogP contribution is -2.49. The summed E-state index contributed by atoms with van der Waals surface area (Å²) in [5, 5.41) is 21.5. The van der Waals surface area contributed by atoms with Gasteiger partial charge in [-0.3, -0.25) is 14.9 Å². The number of benzene rings is 1. The third-order valence-electron chi connectivity index (χ3n) is 2.32. The second-order valence-corrected chi connectivity index (χ2v) is 4.34. The maximum atomic E-state index is 13.1. The van der Waals surface area contributed by atoms with Crippen LogP contribution in [0.5, 0.6) is 0 Å². The molecule has 7 nitrogen and oxygen atoms in total. The zero-order valence-electron chi connectivity index (χ0n) is 10.1. The van der Waals surface area contributed by atoms with Gasteiger partial charge in [0.25, 0.3) is 11.6 Å². The molecule has 0 unspecified atom stereocenters. The summed E-state index contributed by atoms with van der Waals surface area (Å²) < 4.78 is 13.1. The number of non-ortho nitro benzene ring substituents is 1. The highest BCUT2D eigenvalue weighted by Gasteiger charge is 2.29. The Bertz CT molecular complexity index is 556. The van der Waals surface area contributed by atoms with Crippen LogP contribution in [0.25, 0.3) is 0 Å². The van der Waals surface area contributed by atoms with E-state index in [1.807, 2.05) is 0 Å². The highest BCUT2D eigenvalue weighted by Crippen LogP contribution is 2.17. The first-order valence-corrected chi connectivity index (χ1v) is 5.14. The Morgan fingerprint density at radius 1 is 1.37 bits per heavy atom. The van der Waals surface area contributed by atoms with Gasteiger partial charge in [-0.15, -0.1) is 0 Å². The predicted molar refractivity (Wildman–Crippen MR) is 62.2 cm³/mol. The number of hydrogen-bond acceptors (Lipinski definition) is 4. The first kappa shape index (κ1) is 14.6. The van der Waals surface area contributed by atoms with Crippen molar-refractivity contribution in [1.82, 2.24) is 5.32 Å². The van der Waals surface area contributed by atoms with E-state index in [0.717, 1.165) is 12.1 Å². The second kappa shape index (κ2) is 5.01. The number of carbonyl (C=O) groups excluding carboxylic acids is 1. The molecule has 19 heavy (non-hydrogen) atoms. The lowest BCUT2D eigenvalue weighted by atomic mass is 10.0. The maximum Gasteiger partial charge on any atom is 0.328 e. The lowest BCUT2D eigenvalue weighted by Gasteiger charge is -2.20. The Balaban J connectivity index is 3.07. The Morgan fingerprint density at radius 3 is 2.42 bits per heavy atom. The van der Waals surface area contributed by atoms with Gasteiger partial charge in [0.1, 0.15) is 11.4 Å². The van der Waals surface area contributed by atoms with Gasteiger partial charge in [0, 0.05) is 11.6 Å². The lowest BCUT2D eigenvalue weighted by molar-refractivity contribution is -0.385. The Labute approximate surface area is 107 Å². The van der Waals surface area contributed by atoms with Gasteiger partial charge in [-0.1, -0.05) is 0 Å². The molecule has 0 saturated heterocycles. The van der Waals surface area contributed by atoms with Crippen molar-refractivity contribution in [3.05, 3.63) is 39.7 Å². The van der Waals surface area contributed by atoms with Crippen molar-refractivity contribution in [2.75, 3.05) is 0 Å². The van der Waals surface area contributed by atoms with E-state index in [1.54, 1.807) is 0 Å². The minimum absolute atomic E-state index is 0.318. The number of carboxylic acids is 1. The molecule has 0 spiro atoms. The molecule has 1 rings (SSSR count). The van der Waals surface area contributed by atoms with E-state index >= 15 is 0 Å². The van der Waals surface area contributed by atoms with E-state index in [9.17, 15) is 24.1 Å². The van der Waals surface area contributed by atoms with Crippen molar-refractivity contribution in [2.24, 2.45) is 0 Å². The number of carboxylic acid groups (broad SMARTS) is 1. The fourth-order valence-corrected chi connectivity index (χ4v) is 1.22. The van der Waals surface area contributed by atoms with Crippen LogP contribution in [0.2, 0.25) is 0 Å². The molecule has 2 N–H and O–H groups in total. The molecule has 1 aromatic rings. The first-order chi connectivity index (χ1) is 8.63. The number of nitrogens with one attached hydrogen (secondary N) is 1. The number of nitro benzene ring substituents is 1. The summed E-state index contributed by atoms with van der Waals surface area (Å²) in [7, 11) is 0. The van der Waals surface area contributed by atoms with Gasteiger partial charge in [-0.05, 0) is 19.9 Å². The molecule has 8 heteroatoms. The molecule has 1 amide bonds. The Hall–Kier alpha value is -2.51. The van der Waals surface area contributed by atoms with Crippen LogP contribution in [0, 0.1) is 15.9 Å². The molecule has 0 atom stereocenters. The average Bonchev–Trinajstić information content (AvgIpc) is 2.27. The molecular weight excluding hydrogens is 259 g/mol. The Morgan fingerprint density at radius 2 is 1.95 bits per heavy atom. The van der Waals surface area contributed by atoms with Crippen molar-refractivity contribution in [3.8, 4) is 0 Å². The van der Waals surface area contributed by atoms with Gasteiger partial charge >= 0.3 is 5.97 Å². The maximum absolute atomic E-state index is 13.1. The SMILES string of the molecule is CC(C)(NC(=O)c1cc(F)cc([N+](=O)[O-])c1)C(=O)O. The van der Waals surface area contributed by atoms with Crippen LogP contribution >= 0.6 is 0 Å². The van der Waals surface area contributed by atoms with E-state index in [0.29, 0.717) is 6.07 Å². The van der Waals surface area contributed by atoms with Crippen LogP contribution in [0.3, 0.4) is 0 Å². The number of rotatable bonds is 4. The van der Waals surface area contributed by atoms with Crippen molar-refractivity contribution in [3.63, 3.8) is 0 Å². The minimum atomic E-state index is -1.57. The molecule has 0 bridgehead atoms. The van der Waals surface area contributed by atoms with Crippen LogP contribution in [0.4, 0.5) is 10.1 Å². The Kier molecular flexibility index (Phi) is 3.83. The summed E-state index contributed by atoms with van der Waals surface area (Å²) in [6, 6.07) is 2.33. The third-order valence-corrected chi connectivity index (χ3v) is 2.32. The molecule has 0 aromatic heterocycles. The fraction of sp³-hybridized carbons (Fsp3) is 0.273. The molecule has 0 radical (unpaired) electrons. The molecule has 0 fully saturated rings. The molecular formula is C11H11FN2O5. The third kappa shape index (κ3) is 3.47. The fourth-order valence-electron chi connectivity index (χ4n) is 1.22. The van der Waals surface area contributed by atoms with Crippen LogP contribution in [-0.4, -0.2) is 27.4 Å². The number of nitro groups is 1. The number of amides is 1. The van der Waals surface area contributed by atoms with Gasteiger partial charge in [0.2, 0.25) is 0 Å².